The molecule has 1 fully saturated rings. The van der Waals surface area contributed by atoms with Gasteiger partial charge < -0.3 is 20.7 Å². The number of oxime groups is 1. The molecule has 6 heteroatoms. The number of likely N-dealkylation sites (tertiary alicyclic amines) is 1. The number of carbonyl (C=O) groups is 1. The van der Waals surface area contributed by atoms with Crippen LogP contribution in [-0.2, 0) is 0 Å². The van der Waals surface area contributed by atoms with Gasteiger partial charge >= 0.3 is 6.03 Å². The Balaban J connectivity index is 2.49. The van der Waals surface area contributed by atoms with Gasteiger partial charge in [0.25, 0.3) is 0 Å². The molecule has 1 unspecified atom stereocenters. The minimum absolute atomic E-state index is 0.0305. The van der Waals surface area contributed by atoms with Gasteiger partial charge in [-0.3, -0.25) is 0 Å². The van der Waals surface area contributed by atoms with E-state index in [0.717, 1.165) is 25.9 Å². The van der Waals surface area contributed by atoms with Crippen molar-refractivity contribution >= 4 is 11.9 Å². The van der Waals surface area contributed by atoms with E-state index in [1.165, 1.54) is 6.42 Å². The van der Waals surface area contributed by atoms with E-state index in [0.29, 0.717) is 6.42 Å². The summed E-state index contributed by atoms with van der Waals surface area (Å²) in [4.78, 5) is 15.6. The van der Waals surface area contributed by atoms with Gasteiger partial charge in [-0.05, 0) is 26.2 Å². The second-order valence-corrected chi connectivity index (χ2v) is 4.59. The predicted molar refractivity (Wildman–Crippen MR) is 66.1 cm³/mol. The maximum atomic E-state index is 12.1. The fraction of sp³-hybridized carbons (Fsp3) is 0.818. The SMILES string of the molecule is CC(CC(N)=NO)N(C)C(=O)N1CCCCC1. The Kier molecular flexibility index (Phi) is 5.06. The van der Waals surface area contributed by atoms with E-state index in [-0.39, 0.29) is 17.9 Å². The molecule has 3 N–H and O–H groups in total. The molecule has 0 aromatic rings. The molecule has 1 saturated heterocycles. The Morgan fingerprint density at radius 2 is 2.06 bits per heavy atom. The molecule has 0 spiro atoms. The fourth-order valence-electron chi connectivity index (χ4n) is 1.98. The summed E-state index contributed by atoms with van der Waals surface area (Å²) in [6.45, 7) is 3.55. The van der Waals surface area contributed by atoms with Crippen LogP contribution in [0.1, 0.15) is 32.6 Å². The molecule has 0 radical (unpaired) electrons. The molecule has 1 rings (SSSR count). The number of nitrogens with zero attached hydrogens (tertiary/aromatic N) is 3. The molecule has 17 heavy (non-hydrogen) atoms. The standard InChI is InChI=1S/C11H22N4O2/c1-9(8-10(12)13-17)14(2)11(16)15-6-4-3-5-7-15/h9,17H,3-8H2,1-2H3,(H2,12,13). The molecule has 0 aromatic carbocycles. The summed E-state index contributed by atoms with van der Waals surface area (Å²) < 4.78 is 0. The maximum absolute atomic E-state index is 12.1. The van der Waals surface area contributed by atoms with Crippen LogP contribution in [0.15, 0.2) is 5.16 Å². The third kappa shape index (κ3) is 3.80. The number of hydrogen-bond acceptors (Lipinski definition) is 3. The minimum Gasteiger partial charge on any atom is -0.409 e. The van der Waals surface area contributed by atoms with Crippen LogP contribution in [0.2, 0.25) is 0 Å². The highest BCUT2D eigenvalue weighted by Gasteiger charge is 2.23. The third-order valence-corrected chi connectivity index (χ3v) is 3.22. The summed E-state index contributed by atoms with van der Waals surface area (Å²) in [6, 6.07) is -0.0386. The lowest BCUT2D eigenvalue weighted by Gasteiger charge is -2.33. The number of nitrogens with two attached hydrogens (primary N) is 1. The second kappa shape index (κ2) is 6.32. The predicted octanol–water partition coefficient (Wildman–Crippen LogP) is 1.05. The van der Waals surface area contributed by atoms with Crippen molar-refractivity contribution in [3.63, 3.8) is 0 Å². The first-order chi connectivity index (χ1) is 8.06. The van der Waals surface area contributed by atoms with Crippen LogP contribution in [0.3, 0.4) is 0 Å². The van der Waals surface area contributed by atoms with E-state index in [1.54, 1.807) is 11.9 Å². The molecule has 0 saturated carbocycles. The van der Waals surface area contributed by atoms with Gasteiger partial charge in [0, 0.05) is 32.6 Å². The molecule has 98 valence electrons. The first kappa shape index (κ1) is 13.6. The molecule has 2 amide bonds. The number of rotatable bonds is 3. The Bertz CT molecular complexity index is 287. The smallest absolute Gasteiger partial charge is 0.319 e. The highest BCUT2D eigenvalue weighted by molar-refractivity contribution is 5.81. The number of carbonyl (C=O) groups excluding carboxylic acids is 1. The number of piperidine rings is 1. The first-order valence-corrected chi connectivity index (χ1v) is 6.04. The van der Waals surface area contributed by atoms with Crippen LogP contribution >= 0.6 is 0 Å². The van der Waals surface area contributed by atoms with Crippen LogP contribution in [0.4, 0.5) is 4.79 Å². The van der Waals surface area contributed by atoms with E-state index in [2.05, 4.69) is 5.16 Å². The van der Waals surface area contributed by atoms with Gasteiger partial charge in [-0.25, -0.2) is 4.79 Å². The highest BCUT2D eigenvalue weighted by atomic mass is 16.4. The molecule has 1 atom stereocenters. The lowest BCUT2D eigenvalue weighted by molar-refractivity contribution is 0.141. The molecule has 0 aliphatic carbocycles. The van der Waals surface area contributed by atoms with Gasteiger partial charge in [0.1, 0.15) is 5.84 Å². The molecule has 1 aliphatic heterocycles. The average molecular weight is 242 g/mol. The van der Waals surface area contributed by atoms with Gasteiger partial charge in [0.2, 0.25) is 0 Å². The van der Waals surface area contributed by atoms with E-state index in [9.17, 15) is 4.79 Å². The van der Waals surface area contributed by atoms with E-state index in [1.807, 2.05) is 11.8 Å². The van der Waals surface area contributed by atoms with Gasteiger partial charge in [0.15, 0.2) is 0 Å². The van der Waals surface area contributed by atoms with Gasteiger partial charge in [-0.2, -0.15) is 0 Å². The van der Waals surface area contributed by atoms with Crippen molar-refractivity contribution in [3.05, 3.63) is 0 Å². The summed E-state index contributed by atoms with van der Waals surface area (Å²) in [5.41, 5.74) is 5.44. The Morgan fingerprint density at radius 3 is 2.59 bits per heavy atom. The Hall–Kier alpha value is -1.46. The average Bonchev–Trinajstić information content (AvgIpc) is 2.37. The summed E-state index contributed by atoms with van der Waals surface area (Å²) in [5.74, 6) is 0.149. The van der Waals surface area contributed by atoms with Crippen LogP contribution in [-0.4, -0.2) is 53.1 Å². The number of hydrogen-bond donors (Lipinski definition) is 2. The van der Waals surface area contributed by atoms with Crippen LogP contribution in [0.25, 0.3) is 0 Å². The quantitative estimate of drug-likeness (QED) is 0.336. The zero-order valence-electron chi connectivity index (χ0n) is 10.6. The minimum atomic E-state index is -0.0691. The van der Waals surface area contributed by atoms with E-state index in [4.69, 9.17) is 10.9 Å². The number of amides is 2. The molecule has 0 aromatic heterocycles. The van der Waals surface area contributed by atoms with E-state index < -0.39 is 0 Å². The van der Waals surface area contributed by atoms with Crippen LogP contribution in [0, 0.1) is 0 Å². The molecule has 1 heterocycles. The van der Waals surface area contributed by atoms with Crippen LogP contribution in [0.5, 0.6) is 0 Å². The summed E-state index contributed by atoms with van der Waals surface area (Å²) in [5, 5.41) is 11.4. The fourth-order valence-corrected chi connectivity index (χ4v) is 1.98. The Labute approximate surface area is 102 Å². The molecule has 6 nitrogen and oxygen atoms in total. The zero-order valence-corrected chi connectivity index (χ0v) is 10.6. The summed E-state index contributed by atoms with van der Waals surface area (Å²) in [6.07, 6.45) is 3.74. The molecule has 0 bridgehead atoms. The monoisotopic (exact) mass is 242 g/mol. The molecular formula is C11H22N4O2. The largest absolute Gasteiger partial charge is 0.409 e. The lowest BCUT2D eigenvalue weighted by Crippen LogP contribution is -2.47. The highest BCUT2D eigenvalue weighted by Crippen LogP contribution is 2.12. The normalized spacial score (nSPS) is 18.9. The maximum Gasteiger partial charge on any atom is 0.319 e. The number of amidine groups is 1. The van der Waals surface area contributed by atoms with Crippen molar-refractivity contribution in [3.8, 4) is 0 Å². The molecular weight excluding hydrogens is 220 g/mol. The Morgan fingerprint density at radius 1 is 1.47 bits per heavy atom. The van der Waals surface area contributed by atoms with Gasteiger partial charge in [-0.1, -0.05) is 5.16 Å². The first-order valence-electron chi connectivity index (χ1n) is 6.04. The van der Waals surface area contributed by atoms with Crippen molar-refractivity contribution in [2.24, 2.45) is 10.9 Å². The lowest BCUT2D eigenvalue weighted by atomic mass is 10.1. The van der Waals surface area contributed by atoms with Crippen molar-refractivity contribution in [1.82, 2.24) is 9.80 Å². The number of urea groups is 1. The van der Waals surface area contributed by atoms with E-state index >= 15 is 0 Å². The van der Waals surface area contributed by atoms with Gasteiger partial charge in [0.05, 0.1) is 0 Å². The second-order valence-electron chi connectivity index (χ2n) is 4.59. The van der Waals surface area contributed by atoms with Crippen molar-refractivity contribution in [1.29, 1.82) is 0 Å². The summed E-state index contributed by atoms with van der Waals surface area (Å²) in [7, 11) is 1.76. The third-order valence-electron chi connectivity index (χ3n) is 3.22. The topological polar surface area (TPSA) is 82.2 Å². The summed E-state index contributed by atoms with van der Waals surface area (Å²) >= 11 is 0. The van der Waals surface area contributed by atoms with Crippen molar-refractivity contribution < 1.29 is 10.0 Å². The van der Waals surface area contributed by atoms with Crippen LogP contribution < -0.4 is 5.73 Å². The molecule has 1 aliphatic rings. The zero-order chi connectivity index (χ0) is 12.8. The van der Waals surface area contributed by atoms with Crippen molar-refractivity contribution in [2.45, 2.75) is 38.6 Å². The van der Waals surface area contributed by atoms with Crippen molar-refractivity contribution in [2.75, 3.05) is 20.1 Å². The van der Waals surface area contributed by atoms with Gasteiger partial charge in [-0.15, -0.1) is 0 Å².